The van der Waals surface area contributed by atoms with E-state index in [-0.39, 0.29) is 0 Å². The highest BCUT2D eigenvalue weighted by molar-refractivity contribution is 7.09. The van der Waals surface area contributed by atoms with Crippen molar-refractivity contribution in [3.63, 3.8) is 0 Å². The van der Waals surface area contributed by atoms with Crippen LogP contribution in [-0.4, -0.2) is 35.6 Å². The number of nitrogens with zero attached hydrogens (tertiary/aromatic N) is 2. The minimum atomic E-state index is 0.697. The summed E-state index contributed by atoms with van der Waals surface area (Å²) in [5.74, 6) is 0. The van der Waals surface area contributed by atoms with Gasteiger partial charge < -0.3 is 5.32 Å². The zero-order valence-corrected chi connectivity index (χ0v) is 12.4. The van der Waals surface area contributed by atoms with Gasteiger partial charge >= 0.3 is 0 Å². The van der Waals surface area contributed by atoms with E-state index in [1.165, 1.54) is 30.0 Å². The molecule has 0 saturated carbocycles. The lowest BCUT2D eigenvalue weighted by Gasteiger charge is -2.35. The van der Waals surface area contributed by atoms with Gasteiger partial charge in [0, 0.05) is 31.1 Å². The molecule has 18 heavy (non-hydrogen) atoms. The van der Waals surface area contributed by atoms with Gasteiger partial charge in [-0.25, -0.2) is 4.98 Å². The molecule has 0 spiro atoms. The Morgan fingerprint density at radius 3 is 3.11 bits per heavy atom. The standard InChI is InChI=1S/C14H25N3S/c1-3-5-12-11-18-14(16-12)10-17-8-7-15-9-13(17)6-4-2/h11,13,15H,3-10H2,1-2H3. The Morgan fingerprint density at radius 2 is 2.33 bits per heavy atom. The SMILES string of the molecule is CCCc1csc(CN2CCNCC2CCC)n1. The molecule has 102 valence electrons. The second-order valence-electron chi connectivity index (χ2n) is 5.10. The molecule has 0 aromatic carbocycles. The van der Waals surface area contributed by atoms with Crippen LogP contribution in [0.1, 0.15) is 43.8 Å². The summed E-state index contributed by atoms with van der Waals surface area (Å²) in [6, 6.07) is 0.697. The van der Waals surface area contributed by atoms with Gasteiger partial charge in [-0.2, -0.15) is 0 Å². The van der Waals surface area contributed by atoms with Crippen LogP contribution >= 0.6 is 11.3 Å². The van der Waals surface area contributed by atoms with Crippen LogP contribution < -0.4 is 5.32 Å². The Balaban J connectivity index is 1.92. The molecule has 2 heterocycles. The fraction of sp³-hybridized carbons (Fsp3) is 0.786. The van der Waals surface area contributed by atoms with Crippen LogP contribution in [0.25, 0.3) is 0 Å². The molecule has 4 heteroatoms. The second-order valence-corrected chi connectivity index (χ2v) is 6.04. The van der Waals surface area contributed by atoms with Crippen molar-refractivity contribution in [3.05, 3.63) is 16.1 Å². The molecule has 1 atom stereocenters. The summed E-state index contributed by atoms with van der Waals surface area (Å²) in [6.45, 7) is 8.95. The number of rotatable bonds is 6. The quantitative estimate of drug-likeness (QED) is 0.859. The summed E-state index contributed by atoms with van der Waals surface area (Å²) < 4.78 is 0. The third kappa shape index (κ3) is 3.77. The van der Waals surface area contributed by atoms with Gasteiger partial charge in [0.1, 0.15) is 5.01 Å². The van der Waals surface area contributed by atoms with Gasteiger partial charge in [0.25, 0.3) is 0 Å². The van der Waals surface area contributed by atoms with Gasteiger partial charge in [-0.15, -0.1) is 11.3 Å². The van der Waals surface area contributed by atoms with E-state index in [4.69, 9.17) is 4.98 Å². The average molecular weight is 267 g/mol. The number of aromatic nitrogens is 1. The molecule has 1 saturated heterocycles. The van der Waals surface area contributed by atoms with Gasteiger partial charge in [0.15, 0.2) is 0 Å². The van der Waals surface area contributed by atoms with Crippen molar-refractivity contribution in [2.45, 2.75) is 52.1 Å². The number of aryl methyl sites for hydroxylation is 1. The molecule has 1 fully saturated rings. The molecule has 1 aliphatic heterocycles. The summed E-state index contributed by atoms with van der Waals surface area (Å²) in [5, 5.41) is 7.03. The molecular formula is C14H25N3S. The smallest absolute Gasteiger partial charge is 0.107 e. The van der Waals surface area contributed by atoms with Crippen LogP contribution in [-0.2, 0) is 13.0 Å². The van der Waals surface area contributed by atoms with Gasteiger partial charge in [0.05, 0.1) is 12.2 Å². The Hall–Kier alpha value is -0.450. The highest BCUT2D eigenvalue weighted by Gasteiger charge is 2.22. The van der Waals surface area contributed by atoms with Crippen molar-refractivity contribution in [1.29, 1.82) is 0 Å². The van der Waals surface area contributed by atoms with E-state index in [9.17, 15) is 0 Å². The lowest BCUT2D eigenvalue weighted by molar-refractivity contribution is 0.144. The number of piperazine rings is 1. The Morgan fingerprint density at radius 1 is 1.44 bits per heavy atom. The number of thiazole rings is 1. The van der Waals surface area contributed by atoms with Crippen LogP contribution in [0.15, 0.2) is 5.38 Å². The Bertz CT molecular complexity index is 349. The highest BCUT2D eigenvalue weighted by atomic mass is 32.1. The lowest BCUT2D eigenvalue weighted by atomic mass is 10.1. The van der Waals surface area contributed by atoms with E-state index < -0.39 is 0 Å². The van der Waals surface area contributed by atoms with Crippen molar-refractivity contribution in [2.75, 3.05) is 19.6 Å². The molecule has 0 aliphatic carbocycles. The van der Waals surface area contributed by atoms with Crippen molar-refractivity contribution < 1.29 is 0 Å². The minimum absolute atomic E-state index is 0.697. The lowest BCUT2D eigenvalue weighted by Crippen LogP contribution is -2.50. The zero-order valence-electron chi connectivity index (χ0n) is 11.6. The molecule has 0 amide bonds. The first-order valence-electron chi connectivity index (χ1n) is 7.21. The minimum Gasteiger partial charge on any atom is -0.314 e. The zero-order chi connectivity index (χ0) is 12.8. The number of hydrogen-bond donors (Lipinski definition) is 1. The average Bonchev–Trinajstić information content (AvgIpc) is 2.80. The van der Waals surface area contributed by atoms with Crippen molar-refractivity contribution in [1.82, 2.24) is 15.2 Å². The van der Waals surface area contributed by atoms with Crippen LogP contribution in [0.4, 0.5) is 0 Å². The summed E-state index contributed by atoms with van der Waals surface area (Å²) >= 11 is 1.83. The van der Waals surface area contributed by atoms with E-state index in [0.29, 0.717) is 6.04 Å². The molecule has 1 aromatic rings. The van der Waals surface area contributed by atoms with Crippen LogP contribution in [0.5, 0.6) is 0 Å². The Labute approximate surface area is 115 Å². The monoisotopic (exact) mass is 267 g/mol. The Kier molecular flexibility index (Phi) is 5.60. The van der Waals surface area contributed by atoms with Crippen LogP contribution in [0, 0.1) is 0 Å². The largest absolute Gasteiger partial charge is 0.314 e. The summed E-state index contributed by atoms with van der Waals surface area (Å²) in [5.41, 5.74) is 1.28. The van der Waals surface area contributed by atoms with E-state index in [0.717, 1.165) is 32.6 Å². The highest BCUT2D eigenvalue weighted by Crippen LogP contribution is 2.17. The topological polar surface area (TPSA) is 28.2 Å². The van der Waals surface area contributed by atoms with Crippen molar-refractivity contribution >= 4 is 11.3 Å². The number of nitrogens with one attached hydrogen (secondary N) is 1. The van der Waals surface area contributed by atoms with Gasteiger partial charge in [0.2, 0.25) is 0 Å². The maximum absolute atomic E-state index is 4.75. The molecule has 3 nitrogen and oxygen atoms in total. The number of hydrogen-bond acceptors (Lipinski definition) is 4. The molecule has 1 unspecified atom stereocenters. The first-order valence-corrected chi connectivity index (χ1v) is 8.09. The molecule has 1 aromatic heterocycles. The van der Waals surface area contributed by atoms with Gasteiger partial charge in [-0.05, 0) is 12.8 Å². The first-order chi connectivity index (χ1) is 8.83. The predicted molar refractivity (Wildman–Crippen MR) is 78.1 cm³/mol. The first kappa shape index (κ1) is 14.0. The van der Waals surface area contributed by atoms with Crippen molar-refractivity contribution in [2.24, 2.45) is 0 Å². The van der Waals surface area contributed by atoms with E-state index >= 15 is 0 Å². The van der Waals surface area contributed by atoms with E-state index in [1.54, 1.807) is 0 Å². The summed E-state index contributed by atoms with van der Waals surface area (Å²) in [4.78, 5) is 7.35. The fourth-order valence-electron chi connectivity index (χ4n) is 2.60. The molecule has 0 bridgehead atoms. The maximum Gasteiger partial charge on any atom is 0.107 e. The second kappa shape index (κ2) is 7.22. The van der Waals surface area contributed by atoms with Crippen LogP contribution in [0.2, 0.25) is 0 Å². The summed E-state index contributed by atoms with van der Waals surface area (Å²) in [7, 11) is 0. The van der Waals surface area contributed by atoms with Crippen LogP contribution in [0.3, 0.4) is 0 Å². The maximum atomic E-state index is 4.75. The van der Waals surface area contributed by atoms with Crippen molar-refractivity contribution in [3.8, 4) is 0 Å². The molecule has 0 radical (unpaired) electrons. The van der Waals surface area contributed by atoms with Gasteiger partial charge in [-0.3, -0.25) is 4.90 Å². The third-order valence-corrected chi connectivity index (χ3v) is 4.42. The van der Waals surface area contributed by atoms with E-state index in [1.807, 2.05) is 11.3 Å². The molecule has 1 aliphatic rings. The normalized spacial score (nSPS) is 21.3. The summed E-state index contributed by atoms with van der Waals surface area (Å²) in [6.07, 6.45) is 4.87. The predicted octanol–water partition coefficient (Wildman–Crippen LogP) is 2.67. The molecular weight excluding hydrogens is 242 g/mol. The third-order valence-electron chi connectivity index (χ3n) is 3.54. The molecule has 1 N–H and O–H groups in total. The molecule has 2 rings (SSSR count). The fourth-order valence-corrected chi connectivity index (χ4v) is 3.45. The van der Waals surface area contributed by atoms with Gasteiger partial charge in [-0.1, -0.05) is 26.7 Å². The van der Waals surface area contributed by atoms with E-state index in [2.05, 4.69) is 29.4 Å².